The van der Waals surface area contributed by atoms with Gasteiger partial charge in [0, 0.05) is 6.07 Å². The Hall–Kier alpha value is -3.66. The normalized spacial score (nSPS) is 15.4. The molecule has 3 aromatic rings. The molecule has 172 valence electrons. The van der Waals surface area contributed by atoms with Crippen LogP contribution in [-0.2, 0) is 14.8 Å². The van der Waals surface area contributed by atoms with Crippen molar-refractivity contribution in [1.29, 1.82) is 0 Å². The number of carbonyl (C=O) groups excluding carboxylic acids is 1. The second-order valence-corrected chi connectivity index (χ2v) is 9.27. The molecule has 1 aliphatic rings. The van der Waals surface area contributed by atoms with Crippen LogP contribution < -0.4 is 19.1 Å². The molecule has 0 unspecified atom stereocenters. The zero-order valence-corrected chi connectivity index (χ0v) is 18.5. The van der Waals surface area contributed by atoms with Crippen LogP contribution in [-0.4, -0.2) is 34.1 Å². The number of hydrogen-bond acceptors (Lipinski definition) is 5. The van der Waals surface area contributed by atoms with Gasteiger partial charge >= 0.3 is 0 Å². The summed E-state index contributed by atoms with van der Waals surface area (Å²) in [7, 11) is -2.60. The Labute approximate surface area is 189 Å². The topological polar surface area (TPSA) is 84.9 Å². The number of sulfonamides is 1. The quantitative estimate of drug-likeness (QED) is 0.607. The number of nitrogens with zero attached hydrogens (tertiary/aromatic N) is 1. The van der Waals surface area contributed by atoms with Gasteiger partial charge in [-0.15, -0.1) is 0 Å². The van der Waals surface area contributed by atoms with E-state index in [0.29, 0.717) is 11.8 Å². The summed E-state index contributed by atoms with van der Waals surface area (Å²) >= 11 is 0. The molecule has 0 spiro atoms. The number of nitrogens with one attached hydrogen (secondary N) is 1. The van der Waals surface area contributed by atoms with Gasteiger partial charge in [0.25, 0.3) is 15.9 Å². The lowest BCUT2D eigenvalue weighted by Gasteiger charge is -2.35. The van der Waals surface area contributed by atoms with Gasteiger partial charge in [-0.05, 0) is 61.0 Å². The van der Waals surface area contributed by atoms with Crippen LogP contribution in [0.15, 0.2) is 65.6 Å². The van der Waals surface area contributed by atoms with E-state index in [4.69, 9.17) is 9.47 Å². The summed E-state index contributed by atoms with van der Waals surface area (Å²) in [5.41, 5.74) is 0.819. The number of benzene rings is 3. The van der Waals surface area contributed by atoms with E-state index in [2.05, 4.69) is 5.32 Å². The fraction of sp³-hybridized carbons (Fsp3) is 0.174. The van der Waals surface area contributed by atoms with Crippen molar-refractivity contribution in [2.24, 2.45) is 0 Å². The van der Waals surface area contributed by atoms with Crippen LogP contribution in [0.4, 0.5) is 20.2 Å². The number of halogens is 2. The highest BCUT2D eigenvalue weighted by Gasteiger charge is 2.38. The summed E-state index contributed by atoms with van der Waals surface area (Å²) in [5.74, 6) is -1.84. The average molecular weight is 474 g/mol. The SMILES string of the molecule is COc1ccc(S(=O)(=O)N2C[C@H](C(=O)Nc3ccc(F)cc3F)Oc3cc(C)ccc32)cc1. The number of carbonyl (C=O) groups is 1. The molecule has 0 aliphatic carbocycles. The first-order valence-electron chi connectivity index (χ1n) is 9.89. The zero-order chi connectivity index (χ0) is 23.8. The van der Waals surface area contributed by atoms with Crippen LogP contribution in [0.1, 0.15) is 5.56 Å². The predicted octanol–water partition coefficient (Wildman–Crippen LogP) is 3.88. The lowest BCUT2D eigenvalue weighted by molar-refractivity contribution is -0.122. The number of amides is 1. The number of ether oxygens (including phenoxy) is 2. The van der Waals surface area contributed by atoms with Crippen molar-refractivity contribution < 1.29 is 31.5 Å². The number of methoxy groups -OCH3 is 1. The molecule has 0 fully saturated rings. The minimum absolute atomic E-state index is 0.000428. The smallest absolute Gasteiger partial charge is 0.267 e. The van der Waals surface area contributed by atoms with Gasteiger partial charge in [0.15, 0.2) is 6.10 Å². The monoisotopic (exact) mass is 474 g/mol. The first-order valence-corrected chi connectivity index (χ1v) is 11.3. The van der Waals surface area contributed by atoms with E-state index in [0.717, 1.165) is 22.0 Å². The minimum atomic E-state index is -4.07. The Kier molecular flexibility index (Phi) is 5.94. The molecule has 3 aromatic carbocycles. The Bertz CT molecular complexity index is 1310. The highest BCUT2D eigenvalue weighted by atomic mass is 32.2. The summed E-state index contributed by atoms with van der Waals surface area (Å²) < 4.78 is 66.0. The Balaban J connectivity index is 1.69. The average Bonchev–Trinajstić information content (AvgIpc) is 2.79. The van der Waals surface area contributed by atoms with Crippen LogP contribution in [0, 0.1) is 18.6 Å². The highest BCUT2D eigenvalue weighted by Crippen LogP contribution is 2.38. The second-order valence-electron chi connectivity index (χ2n) is 7.40. The molecule has 4 rings (SSSR count). The van der Waals surface area contributed by atoms with Crippen molar-refractivity contribution in [3.05, 3.63) is 77.9 Å². The number of rotatable bonds is 5. The zero-order valence-electron chi connectivity index (χ0n) is 17.7. The van der Waals surface area contributed by atoms with E-state index in [1.165, 1.54) is 31.4 Å². The standard InChI is InChI=1S/C23H20F2N2O5S/c1-14-3-10-20-21(11-14)32-22(23(28)26-19-9-4-15(24)12-18(19)25)13-27(20)33(29,30)17-7-5-16(31-2)6-8-17/h3-12,22H,13H2,1-2H3,(H,26,28)/t22-/m1/s1. The van der Waals surface area contributed by atoms with E-state index in [1.807, 2.05) is 0 Å². The number of hydrogen-bond donors (Lipinski definition) is 1. The minimum Gasteiger partial charge on any atom is -0.497 e. The van der Waals surface area contributed by atoms with Crippen LogP contribution >= 0.6 is 0 Å². The maximum Gasteiger partial charge on any atom is 0.267 e. The van der Waals surface area contributed by atoms with Crippen LogP contribution in [0.3, 0.4) is 0 Å². The number of anilines is 2. The third-order valence-electron chi connectivity index (χ3n) is 5.11. The molecule has 0 saturated heterocycles. The lowest BCUT2D eigenvalue weighted by Crippen LogP contribution is -2.48. The first-order chi connectivity index (χ1) is 15.7. The van der Waals surface area contributed by atoms with Gasteiger partial charge in [-0.2, -0.15) is 0 Å². The van der Waals surface area contributed by atoms with Crippen molar-refractivity contribution in [3.8, 4) is 11.5 Å². The van der Waals surface area contributed by atoms with E-state index in [9.17, 15) is 22.0 Å². The van der Waals surface area contributed by atoms with Gasteiger partial charge in [0.2, 0.25) is 0 Å². The van der Waals surface area contributed by atoms with Gasteiger partial charge < -0.3 is 14.8 Å². The largest absolute Gasteiger partial charge is 0.497 e. The third-order valence-corrected chi connectivity index (χ3v) is 6.91. The summed E-state index contributed by atoms with van der Waals surface area (Å²) in [6.45, 7) is 1.45. The molecule has 1 N–H and O–H groups in total. The number of aryl methyl sites for hydroxylation is 1. The Morgan fingerprint density at radius 1 is 1.09 bits per heavy atom. The molecular formula is C23H20F2N2O5S. The van der Waals surface area contributed by atoms with E-state index >= 15 is 0 Å². The molecule has 10 heteroatoms. The summed E-state index contributed by atoms with van der Waals surface area (Å²) in [4.78, 5) is 12.9. The van der Waals surface area contributed by atoms with E-state index in [-0.39, 0.29) is 28.6 Å². The van der Waals surface area contributed by atoms with Crippen molar-refractivity contribution in [3.63, 3.8) is 0 Å². The Morgan fingerprint density at radius 2 is 1.82 bits per heavy atom. The number of fused-ring (bicyclic) bond motifs is 1. The summed E-state index contributed by atoms with van der Waals surface area (Å²) in [6.07, 6.45) is -1.28. The predicted molar refractivity (Wildman–Crippen MR) is 118 cm³/mol. The Morgan fingerprint density at radius 3 is 2.48 bits per heavy atom. The molecule has 33 heavy (non-hydrogen) atoms. The van der Waals surface area contributed by atoms with Gasteiger partial charge in [0.05, 0.1) is 29.9 Å². The molecule has 1 atom stereocenters. The van der Waals surface area contributed by atoms with Crippen LogP contribution in [0.5, 0.6) is 11.5 Å². The molecule has 7 nitrogen and oxygen atoms in total. The van der Waals surface area contributed by atoms with Gasteiger partial charge in [-0.3, -0.25) is 9.10 Å². The molecule has 0 saturated carbocycles. The molecule has 0 bridgehead atoms. The molecule has 1 heterocycles. The van der Waals surface area contributed by atoms with Crippen molar-refractivity contribution in [2.45, 2.75) is 17.9 Å². The van der Waals surface area contributed by atoms with Crippen LogP contribution in [0.2, 0.25) is 0 Å². The van der Waals surface area contributed by atoms with E-state index in [1.54, 1.807) is 25.1 Å². The fourth-order valence-electron chi connectivity index (χ4n) is 3.40. The van der Waals surface area contributed by atoms with Crippen molar-refractivity contribution in [1.82, 2.24) is 0 Å². The molecule has 1 amide bonds. The molecular weight excluding hydrogens is 454 g/mol. The maximum atomic E-state index is 14.0. The summed E-state index contributed by atoms with van der Waals surface area (Å²) in [6, 6.07) is 13.5. The van der Waals surface area contributed by atoms with E-state index < -0.39 is 33.7 Å². The molecule has 0 radical (unpaired) electrons. The maximum absolute atomic E-state index is 14.0. The summed E-state index contributed by atoms with van der Waals surface area (Å²) in [5, 5.41) is 2.34. The van der Waals surface area contributed by atoms with Gasteiger partial charge in [-0.25, -0.2) is 17.2 Å². The molecule has 0 aromatic heterocycles. The van der Waals surface area contributed by atoms with Crippen LogP contribution in [0.25, 0.3) is 0 Å². The van der Waals surface area contributed by atoms with Crippen molar-refractivity contribution >= 4 is 27.3 Å². The third kappa shape index (κ3) is 4.47. The fourth-order valence-corrected chi connectivity index (χ4v) is 4.88. The first kappa shape index (κ1) is 22.5. The van der Waals surface area contributed by atoms with Gasteiger partial charge in [0.1, 0.15) is 23.1 Å². The highest BCUT2D eigenvalue weighted by molar-refractivity contribution is 7.92. The molecule has 1 aliphatic heterocycles. The lowest BCUT2D eigenvalue weighted by atomic mass is 10.1. The second kappa shape index (κ2) is 8.70. The van der Waals surface area contributed by atoms with Gasteiger partial charge in [-0.1, -0.05) is 6.07 Å². The van der Waals surface area contributed by atoms with Crippen molar-refractivity contribution in [2.75, 3.05) is 23.3 Å².